The van der Waals surface area contributed by atoms with Gasteiger partial charge in [-0.05, 0) is 56.9 Å². The highest BCUT2D eigenvalue weighted by Gasteiger charge is 2.45. The number of amides is 2. The molecule has 0 bridgehead atoms. The number of hydrogen-bond donors (Lipinski definition) is 3. The lowest BCUT2D eigenvalue weighted by molar-refractivity contribution is -0.144. The topological polar surface area (TPSA) is 105 Å². The van der Waals surface area contributed by atoms with Gasteiger partial charge in [0.25, 0.3) is 0 Å². The van der Waals surface area contributed by atoms with Gasteiger partial charge in [-0.15, -0.1) is 0 Å². The molecule has 0 spiro atoms. The second kappa shape index (κ2) is 8.65. The van der Waals surface area contributed by atoms with E-state index in [2.05, 4.69) is 22.8 Å². The zero-order valence-corrected chi connectivity index (χ0v) is 19.1. The van der Waals surface area contributed by atoms with E-state index in [0.29, 0.717) is 0 Å². The van der Waals surface area contributed by atoms with Crippen molar-refractivity contribution < 1.29 is 24.2 Å². The minimum absolute atomic E-state index is 0.0658. The SMILES string of the molecule is CC(NC(=O)C(C)(C)C(C)(C)NC(=O)OCC1c2ccccc2-c2ccccc21)C(=O)O. The van der Waals surface area contributed by atoms with Crippen LogP contribution in [0.15, 0.2) is 48.5 Å². The van der Waals surface area contributed by atoms with Crippen molar-refractivity contribution in [2.75, 3.05) is 6.61 Å². The van der Waals surface area contributed by atoms with Gasteiger partial charge in [0.2, 0.25) is 5.91 Å². The third kappa shape index (κ3) is 4.33. The largest absolute Gasteiger partial charge is 0.480 e. The Labute approximate surface area is 188 Å². The predicted molar refractivity (Wildman–Crippen MR) is 121 cm³/mol. The van der Waals surface area contributed by atoms with Gasteiger partial charge >= 0.3 is 12.1 Å². The predicted octanol–water partition coefficient (Wildman–Crippen LogP) is 3.92. The van der Waals surface area contributed by atoms with Crippen LogP contribution in [0, 0.1) is 5.41 Å². The van der Waals surface area contributed by atoms with Crippen molar-refractivity contribution in [3.63, 3.8) is 0 Å². The summed E-state index contributed by atoms with van der Waals surface area (Å²) in [6.07, 6.45) is -0.635. The Balaban J connectivity index is 1.68. The van der Waals surface area contributed by atoms with Crippen LogP contribution < -0.4 is 10.6 Å². The fraction of sp³-hybridized carbons (Fsp3) is 0.400. The standard InChI is InChI=1S/C25H30N2O5/c1-15(21(28)29)26-22(30)24(2,3)25(4,5)27-23(31)32-14-20-18-12-8-6-10-16(18)17-11-7-9-13-19(17)20/h6-13,15,20H,14H2,1-5H3,(H,26,30)(H,27,31)(H,28,29). The summed E-state index contributed by atoms with van der Waals surface area (Å²) in [7, 11) is 0. The zero-order valence-electron chi connectivity index (χ0n) is 19.1. The molecular formula is C25H30N2O5. The molecule has 1 aliphatic rings. The first-order chi connectivity index (χ1) is 15.0. The highest BCUT2D eigenvalue weighted by atomic mass is 16.5. The summed E-state index contributed by atoms with van der Waals surface area (Å²) in [6, 6.07) is 15.1. The van der Waals surface area contributed by atoms with E-state index in [1.54, 1.807) is 27.7 Å². The van der Waals surface area contributed by atoms with E-state index < -0.39 is 35.0 Å². The van der Waals surface area contributed by atoms with Crippen molar-refractivity contribution in [1.29, 1.82) is 0 Å². The minimum Gasteiger partial charge on any atom is -0.480 e. The molecule has 0 heterocycles. The molecule has 3 N–H and O–H groups in total. The maximum Gasteiger partial charge on any atom is 0.407 e. The number of rotatable bonds is 7. The highest BCUT2D eigenvalue weighted by molar-refractivity contribution is 5.88. The highest BCUT2D eigenvalue weighted by Crippen LogP contribution is 2.44. The van der Waals surface area contributed by atoms with Crippen LogP contribution in [0.2, 0.25) is 0 Å². The molecule has 2 aromatic rings. The third-order valence-electron chi connectivity index (χ3n) is 6.61. The number of hydrogen-bond acceptors (Lipinski definition) is 4. The van der Waals surface area contributed by atoms with Crippen LogP contribution >= 0.6 is 0 Å². The zero-order chi connectivity index (χ0) is 23.7. The molecule has 0 radical (unpaired) electrons. The molecule has 32 heavy (non-hydrogen) atoms. The number of aliphatic carboxylic acids is 1. The maximum absolute atomic E-state index is 12.7. The van der Waals surface area contributed by atoms with Crippen LogP contribution in [0.5, 0.6) is 0 Å². The summed E-state index contributed by atoms with van der Waals surface area (Å²) in [6.45, 7) is 8.28. The molecule has 0 aromatic heterocycles. The Morgan fingerprint density at radius 1 is 0.969 bits per heavy atom. The van der Waals surface area contributed by atoms with E-state index >= 15 is 0 Å². The van der Waals surface area contributed by atoms with E-state index in [1.807, 2.05) is 36.4 Å². The third-order valence-corrected chi connectivity index (χ3v) is 6.61. The van der Waals surface area contributed by atoms with Gasteiger partial charge in [-0.2, -0.15) is 0 Å². The molecule has 0 fully saturated rings. The fourth-order valence-electron chi connectivity index (χ4n) is 3.77. The first-order valence-electron chi connectivity index (χ1n) is 10.6. The summed E-state index contributed by atoms with van der Waals surface area (Å²) < 4.78 is 5.59. The van der Waals surface area contributed by atoms with Gasteiger partial charge in [0.15, 0.2) is 0 Å². The second-order valence-corrected chi connectivity index (χ2v) is 9.23. The Morgan fingerprint density at radius 2 is 1.47 bits per heavy atom. The second-order valence-electron chi connectivity index (χ2n) is 9.23. The first kappa shape index (κ1) is 23.3. The maximum atomic E-state index is 12.7. The number of ether oxygens (including phenoxy) is 1. The van der Waals surface area contributed by atoms with E-state index in [-0.39, 0.29) is 12.5 Å². The number of carboxylic acids is 1. The van der Waals surface area contributed by atoms with Crippen LogP contribution in [0.3, 0.4) is 0 Å². The van der Waals surface area contributed by atoms with Crippen molar-refractivity contribution in [3.05, 3.63) is 59.7 Å². The molecule has 0 aliphatic heterocycles. The van der Waals surface area contributed by atoms with Gasteiger partial charge in [-0.3, -0.25) is 9.59 Å². The summed E-state index contributed by atoms with van der Waals surface area (Å²) in [5.74, 6) is -1.67. The van der Waals surface area contributed by atoms with Gasteiger partial charge < -0.3 is 20.5 Å². The van der Waals surface area contributed by atoms with E-state index in [4.69, 9.17) is 9.84 Å². The number of carboxylic acid groups (broad SMARTS) is 1. The normalized spacial score (nSPS) is 14.2. The Hall–Kier alpha value is -3.35. The van der Waals surface area contributed by atoms with Crippen molar-refractivity contribution >= 4 is 18.0 Å². The Bertz CT molecular complexity index is 999. The molecular weight excluding hydrogens is 408 g/mol. The van der Waals surface area contributed by atoms with Crippen molar-refractivity contribution in [2.24, 2.45) is 5.41 Å². The number of carbonyl (C=O) groups excluding carboxylic acids is 2. The summed E-state index contributed by atoms with van der Waals surface area (Å²) in [4.78, 5) is 36.4. The van der Waals surface area contributed by atoms with Gasteiger partial charge in [0.05, 0.1) is 11.0 Å². The average molecular weight is 439 g/mol. The molecule has 1 aliphatic carbocycles. The number of fused-ring (bicyclic) bond motifs is 3. The lowest BCUT2D eigenvalue weighted by atomic mass is 9.73. The number of carbonyl (C=O) groups is 3. The van der Waals surface area contributed by atoms with Crippen LogP contribution in [0.4, 0.5) is 4.79 Å². The van der Waals surface area contributed by atoms with Crippen LogP contribution in [0.1, 0.15) is 51.7 Å². The van der Waals surface area contributed by atoms with Gasteiger partial charge in [0.1, 0.15) is 12.6 Å². The molecule has 7 heteroatoms. The minimum atomic E-state index is -1.13. The molecule has 2 aromatic carbocycles. The first-order valence-corrected chi connectivity index (χ1v) is 10.6. The smallest absolute Gasteiger partial charge is 0.407 e. The quantitative estimate of drug-likeness (QED) is 0.608. The molecule has 2 amide bonds. The molecule has 0 saturated heterocycles. The Kier molecular flexibility index (Phi) is 6.30. The summed E-state index contributed by atoms with van der Waals surface area (Å²) in [5, 5.41) is 14.3. The summed E-state index contributed by atoms with van der Waals surface area (Å²) in [5.41, 5.74) is 2.41. The molecule has 1 unspecified atom stereocenters. The number of nitrogens with one attached hydrogen (secondary N) is 2. The lowest BCUT2D eigenvalue weighted by Crippen LogP contribution is -2.61. The van der Waals surface area contributed by atoms with E-state index in [9.17, 15) is 14.4 Å². The van der Waals surface area contributed by atoms with Gasteiger partial charge in [-0.1, -0.05) is 48.5 Å². The summed E-state index contributed by atoms with van der Waals surface area (Å²) >= 11 is 0. The van der Waals surface area contributed by atoms with Crippen molar-refractivity contribution in [3.8, 4) is 11.1 Å². The number of alkyl carbamates (subject to hydrolysis) is 1. The average Bonchev–Trinajstić information content (AvgIpc) is 3.05. The molecule has 0 saturated carbocycles. The molecule has 7 nitrogen and oxygen atoms in total. The molecule has 170 valence electrons. The van der Waals surface area contributed by atoms with Crippen molar-refractivity contribution in [1.82, 2.24) is 10.6 Å². The van der Waals surface area contributed by atoms with Crippen molar-refractivity contribution in [2.45, 2.75) is 52.1 Å². The molecule has 3 rings (SSSR count). The monoisotopic (exact) mass is 438 g/mol. The Morgan fingerprint density at radius 3 is 1.97 bits per heavy atom. The van der Waals surface area contributed by atoms with E-state index in [0.717, 1.165) is 22.3 Å². The van der Waals surface area contributed by atoms with Crippen LogP contribution in [-0.2, 0) is 14.3 Å². The number of benzene rings is 2. The lowest BCUT2D eigenvalue weighted by Gasteiger charge is -2.40. The van der Waals surface area contributed by atoms with Crippen LogP contribution in [-0.4, -0.2) is 41.3 Å². The van der Waals surface area contributed by atoms with Crippen LogP contribution in [0.25, 0.3) is 11.1 Å². The van der Waals surface area contributed by atoms with Gasteiger partial charge in [0, 0.05) is 5.92 Å². The molecule has 1 atom stereocenters. The fourth-order valence-corrected chi connectivity index (χ4v) is 3.77. The van der Waals surface area contributed by atoms with Gasteiger partial charge in [-0.25, -0.2) is 4.79 Å². The van der Waals surface area contributed by atoms with E-state index in [1.165, 1.54) is 6.92 Å².